The van der Waals surface area contributed by atoms with E-state index in [1.165, 1.54) is 38.9 Å². The van der Waals surface area contributed by atoms with Crippen molar-refractivity contribution in [1.29, 1.82) is 0 Å². The smallest absolute Gasteiger partial charge is 0.0687 e. The van der Waals surface area contributed by atoms with Crippen LogP contribution in [0.1, 0.15) is 44.5 Å². The average Bonchev–Trinajstić information content (AvgIpc) is 3.26. The van der Waals surface area contributed by atoms with E-state index >= 15 is 0 Å². The highest BCUT2D eigenvalue weighted by Gasteiger charge is 2.11. The van der Waals surface area contributed by atoms with Gasteiger partial charge in [0.2, 0.25) is 0 Å². The van der Waals surface area contributed by atoms with Crippen LogP contribution in [0.2, 0.25) is 0 Å². The number of hydrogen-bond acceptors (Lipinski definition) is 1. The molecule has 0 unspecified atom stereocenters. The van der Waals surface area contributed by atoms with Crippen molar-refractivity contribution in [2.24, 2.45) is 0 Å². The van der Waals surface area contributed by atoms with Gasteiger partial charge in [-0.3, -0.25) is 0 Å². The first kappa shape index (κ1) is 17.2. The van der Waals surface area contributed by atoms with Crippen LogP contribution in [-0.4, -0.2) is 5.11 Å². The summed E-state index contributed by atoms with van der Waals surface area (Å²) in [6.07, 6.45) is 10.9. The lowest BCUT2D eigenvalue weighted by molar-refractivity contribution is 0.281. The second-order valence-corrected chi connectivity index (χ2v) is 6.93. The van der Waals surface area contributed by atoms with E-state index in [4.69, 9.17) is 5.11 Å². The topological polar surface area (TPSA) is 20.2 Å². The number of allylic oxidation sites excluding steroid dienone is 2. The normalized spacial score (nSPS) is 13.5. The van der Waals surface area contributed by atoms with Gasteiger partial charge in [-0.15, -0.1) is 0 Å². The summed E-state index contributed by atoms with van der Waals surface area (Å²) in [5.41, 5.74) is 10.7. The van der Waals surface area contributed by atoms with Gasteiger partial charge in [-0.05, 0) is 71.2 Å². The van der Waals surface area contributed by atoms with Crippen LogP contribution in [0, 0.1) is 13.8 Å². The maximum atomic E-state index is 9.06. The van der Waals surface area contributed by atoms with Crippen LogP contribution >= 0.6 is 15.9 Å². The van der Waals surface area contributed by atoms with E-state index in [9.17, 15) is 0 Å². The van der Waals surface area contributed by atoms with Gasteiger partial charge >= 0.3 is 0 Å². The molecule has 2 aliphatic rings. The Kier molecular flexibility index (Phi) is 5.37. The molecule has 0 bridgehead atoms. The highest BCUT2D eigenvalue weighted by atomic mass is 79.9. The molecule has 0 spiro atoms. The first-order valence-corrected chi connectivity index (χ1v) is 9.50. The average molecular weight is 383 g/mol. The van der Waals surface area contributed by atoms with E-state index < -0.39 is 0 Å². The van der Waals surface area contributed by atoms with Crippen LogP contribution in [0.5, 0.6) is 0 Å². The van der Waals surface area contributed by atoms with Crippen molar-refractivity contribution in [3.05, 3.63) is 80.9 Å². The molecular formula is C22H23BrO. The first-order chi connectivity index (χ1) is 11.7. The fraction of sp³-hybridized carbons (Fsp3) is 0.273. The van der Waals surface area contributed by atoms with E-state index in [0.29, 0.717) is 0 Å². The summed E-state index contributed by atoms with van der Waals surface area (Å²) in [5, 5.41) is 10.0. The molecule has 0 saturated heterocycles. The zero-order chi connectivity index (χ0) is 17.1. The minimum atomic E-state index is 0.146. The fourth-order valence-electron chi connectivity index (χ4n) is 3.45. The van der Waals surface area contributed by atoms with E-state index in [-0.39, 0.29) is 6.61 Å². The Hall–Kier alpha value is -1.64. The lowest BCUT2D eigenvalue weighted by atomic mass is 9.99. The van der Waals surface area contributed by atoms with Crippen molar-refractivity contribution in [2.75, 3.05) is 0 Å². The molecule has 1 N–H and O–H groups in total. The molecule has 2 aliphatic carbocycles. The maximum absolute atomic E-state index is 9.06. The fourth-order valence-corrected chi connectivity index (χ4v) is 3.93. The highest BCUT2D eigenvalue weighted by Crippen LogP contribution is 2.28. The molecular weight excluding hydrogens is 360 g/mol. The van der Waals surface area contributed by atoms with Crippen molar-refractivity contribution in [3.8, 4) is 0 Å². The number of aliphatic hydroxyl groups excluding tert-OH is 1. The standard InChI is InChI=1S/C11H11Br.C11H12O/c2*1-8-5-6-9(7-12)11-4-2-3-10(8)11/h2,4-6H,3,7H2,1H3;2,4-6,12H,3,7H2,1H3. The Balaban J connectivity index is 0.000000141. The molecule has 1 nitrogen and oxygen atoms in total. The van der Waals surface area contributed by atoms with Crippen LogP contribution in [0.4, 0.5) is 0 Å². The Labute approximate surface area is 152 Å². The molecule has 4 rings (SSSR count). The predicted molar refractivity (Wildman–Crippen MR) is 106 cm³/mol. The molecule has 24 heavy (non-hydrogen) atoms. The van der Waals surface area contributed by atoms with Crippen molar-refractivity contribution >= 4 is 28.1 Å². The molecule has 2 aromatic rings. The number of rotatable bonds is 2. The molecule has 2 heteroatoms. The second-order valence-electron chi connectivity index (χ2n) is 6.37. The van der Waals surface area contributed by atoms with Gasteiger partial charge in [0.05, 0.1) is 6.61 Å². The van der Waals surface area contributed by atoms with Crippen molar-refractivity contribution in [2.45, 2.75) is 38.6 Å². The minimum Gasteiger partial charge on any atom is -0.392 e. The summed E-state index contributed by atoms with van der Waals surface area (Å²) in [7, 11) is 0. The van der Waals surface area contributed by atoms with Gasteiger partial charge in [0.1, 0.15) is 0 Å². The summed E-state index contributed by atoms with van der Waals surface area (Å²) in [6, 6.07) is 8.50. The number of hydrogen-bond donors (Lipinski definition) is 1. The van der Waals surface area contributed by atoms with Gasteiger partial charge in [0.25, 0.3) is 0 Å². The molecule has 124 valence electrons. The van der Waals surface area contributed by atoms with Crippen LogP contribution in [0.25, 0.3) is 12.2 Å². The third kappa shape index (κ3) is 3.26. The molecule has 0 heterocycles. The van der Waals surface area contributed by atoms with Crippen LogP contribution in [0.15, 0.2) is 36.4 Å². The number of aryl methyl sites for hydroxylation is 2. The maximum Gasteiger partial charge on any atom is 0.0687 e. The molecule has 0 aliphatic heterocycles. The second kappa shape index (κ2) is 7.50. The molecule has 0 radical (unpaired) electrons. The number of fused-ring (bicyclic) bond motifs is 2. The van der Waals surface area contributed by atoms with Gasteiger partial charge < -0.3 is 5.11 Å². The lowest BCUT2D eigenvalue weighted by Gasteiger charge is -2.07. The molecule has 0 saturated carbocycles. The Bertz CT molecular complexity index is 746. The van der Waals surface area contributed by atoms with Crippen molar-refractivity contribution < 1.29 is 5.11 Å². The van der Waals surface area contributed by atoms with Gasteiger partial charge in [-0.25, -0.2) is 0 Å². The zero-order valence-electron chi connectivity index (χ0n) is 14.3. The summed E-state index contributed by atoms with van der Waals surface area (Å²) < 4.78 is 0. The van der Waals surface area contributed by atoms with Gasteiger partial charge in [-0.1, -0.05) is 64.5 Å². The van der Waals surface area contributed by atoms with Crippen LogP contribution < -0.4 is 0 Å². The molecule has 2 aromatic carbocycles. The first-order valence-electron chi connectivity index (χ1n) is 8.38. The lowest BCUT2D eigenvalue weighted by Crippen LogP contribution is -1.93. The summed E-state index contributed by atoms with van der Waals surface area (Å²) >= 11 is 3.50. The summed E-state index contributed by atoms with van der Waals surface area (Å²) in [4.78, 5) is 0. The number of alkyl halides is 1. The number of aliphatic hydroxyl groups is 1. The Morgan fingerprint density at radius 1 is 0.833 bits per heavy atom. The third-order valence-corrected chi connectivity index (χ3v) is 5.49. The minimum absolute atomic E-state index is 0.146. The molecule has 0 aromatic heterocycles. The Morgan fingerprint density at radius 3 is 1.83 bits per heavy atom. The van der Waals surface area contributed by atoms with E-state index in [2.05, 4.69) is 72.3 Å². The van der Waals surface area contributed by atoms with Crippen LogP contribution in [-0.2, 0) is 24.8 Å². The highest BCUT2D eigenvalue weighted by molar-refractivity contribution is 9.08. The monoisotopic (exact) mass is 382 g/mol. The largest absolute Gasteiger partial charge is 0.392 e. The number of halogens is 1. The van der Waals surface area contributed by atoms with E-state index in [0.717, 1.165) is 23.7 Å². The molecule has 0 fully saturated rings. The van der Waals surface area contributed by atoms with Crippen molar-refractivity contribution in [1.82, 2.24) is 0 Å². The molecule has 0 atom stereocenters. The summed E-state index contributed by atoms with van der Waals surface area (Å²) in [5.74, 6) is 0. The predicted octanol–water partition coefficient (Wildman–Crippen LogP) is 5.52. The van der Waals surface area contributed by atoms with E-state index in [1.54, 1.807) is 0 Å². The van der Waals surface area contributed by atoms with Gasteiger partial charge in [0.15, 0.2) is 0 Å². The summed E-state index contributed by atoms with van der Waals surface area (Å²) in [6.45, 7) is 4.45. The zero-order valence-corrected chi connectivity index (χ0v) is 15.9. The van der Waals surface area contributed by atoms with Gasteiger partial charge in [-0.2, -0.15) is 0 Å². The number of benzene rings is 2. The van der Waals surface area contributed by atoms with Gasteiger partial charge in [0, 0.05) is 5.33 Å². The van der Waals surface area contributed by atoms with E-state index in [1.807, 2.05) is 6.07 Å². The molecule has 0 amide bonds. The quantitative estimate of drug-likeness (QED) is 0.678. The van der Waals surface area contributed by atoms with Crippen LogP contribution in [0.3, 0.4) is 0 Å². The van der Waals surface area contributed by atoms with Crippen molar-refractivity contribution in [3.63, 3.8) is 0 Å². The SMILES string of the molecule is Cc1ccc(CBr)c2c1CC=C2.Cc1ccc(CO)c2c1CC=C2. The Morgan fingerprint density at radius 2 is 1.33 bits per heavy atom. The third-order valence-electron chi connectivity index (χ3n) is 4.89.